The smallest absolute Gasteiger partial charge is 0.259 e. The first-order valence-corrected chi connectivity index (χ1v) is 12.4. The highest BCUT2D eigenvalue weighted by Crippen LogP contribution is 2.35. The Morgan fingerprint density at radius 3 is 2.47 bits per heavy atom. The summed E-state index contributed by atoms with van der Waals surface area (Å²) in [5, 5.41) is 8.76. The van der Waals surface area contributed by atoms with Gasteiger partial charge in [-0.05, 0) is 83.6 Å². The third-order valence-electron chi connectivity index (χ3n) is 4.42. The van der Waals surface area contributed by atoms with E-state index in [1.165, 1.54) is 0 Å². The van der Waals surface area contributed by atoms with Crippen molar-refractivity contribution in [2.45, 2.75) is 13.5 Å². The first kappa shape index (κ1) is 26.4. The topological polar surface area (TPSA) is 72.0 Å². The minimum absolute atomic E-state index is 0.0702. The Balaban J connectivity index is 1.62. The van der Waals surface area contributed by atoms with Crippen molar-refractivity contribution in [3.63, 3.8) is 0 Å². The zero-order valence-electron chi connectivity index (χ0n) is 18.1. The molecule has 0 saturated heterocycles. The van der Waals surface area contributed by atoms with E-state index in [1.54, 1.807) is 48.7 Å². The SMILES string of the molecule is CCOc1cc(/C=N\NC(=O)CNc2ccc(Cl)cc2)cc(I)c1OCc1ccc(Cl)cc1Cl. The van der Waals surface area contributed by atoms with Crippen LogP contribution in [0.2, 0.25) is 15.1 Å². The average molecular weight is 633 g/mol. The first-order valence-electron chi connectivity index (χ1n) is 10.2. The molecule has 0 aliphatic rings. The van der Waals surface area contributed by atoms with E-state index >= 15 is 0 Å². The minimum Gasteiger partial charge on any atom is -0.490 e. The Hall–Kier alpha value is -2.20. The molecule has 10 heteroatoms. The molecule has 0 atom stereocenters. The Labute approximate surface area is 226 Å². The lowest BCUT2D eigenvalue weighted by atomic mass is 10.2. The predicted molar refractivity (Wildman–Crippen MR) is 147 cm³/mol. The van der Waals surface area contributed by atoms with E-state index in [1.807, 2.05) is 19.1 Å². The number of ether oxygens (including phenoxy) is 2. The second kappa shape index (κ2) is 13.0. The molecule has 3 aromatic rings. The highest BCUT2D eigenvalue weighted by molar-refractivity contribution is 14.1. The molecule has 0 heterocycles. The van der Waals surface area contributed by atoms with Crippen LogP contribution in [-0.4, -0.2) is 25.3 Å². The Kier molecular flexibility index (Phi) is 10.1. The van der Waals surface area contributed by atoms with Crippen molar-refractivity contribution in [2.24, 2.45) is 5.10 Å². The zero-order valence-corrected chi connectivity index (χ0v) is 22.5. The summed E-state index contributed by atoms with van der Waals surface area (Å²) in [6.45, 7) is 2.68. The summed E-state index contributed by atoms with van der Waals surface area (Å²) in [6.07, 6.45) is 1.55. The molecule has 0 saturated carbocycles. The van der Waals surface area contributed by atoms with Crippen molar-refractivity contribution in [1.82, 2.24) is 5.43 Å². The molecule has 2 N–H and O–H groups in total. The molecule has 6 nitrogen and oxygen atoms in total. The summed E-state index contributed by atoms with van der Waals surface area (Å²) < 4.78 is 12.6. The second-order valence-corrected chi connectivity index (χ2v) is 9.38. The molecule has 0 bridgehead atoms. The number of halogens is 4. The molecule has 0 radical (unpaired) electrons. The number of nitrogens with one attached hydrogen (secondary N) is 2. The van der Waals surface area contributed by atoms with Gasteiger partial charge in [0.05, 0.1) is 22.9 Å². The number of hydrogen-bond donors (Lipinski definition) is 2. The van der Waals surface area contributed by atoms with Gasteiger partial charge in [-0.1, -0.05) is 40.9 Å². The normalized spacial score (nSPS) is 10.9. The summed E-state index contributed by atoms with van der Waals surface area (Å²) in [5.74, 6) is 0.879. The van der Waals surface area contributed by atoms with E-state index in [-0.39, 0.29) is 19.1 Å². The lowest BCUT2D eigenvalue weighted by molar-refractivity contribution is -0.119. The van der Waals surface area contributed by atoms with Gasteiger partial charge in [0.25, 0.3) is 5.91 Å². The van der Waals surface area contributed by atoms with Gasteiger partial charge in [0.15, 0.2) is 11.5 Å². The van der Waals surface area contributed by atoms with E-state index in [0.717, 1.165) is 20.4 Å². The number of amides is 1. The van der Waals surface area contributed by atoms with Gasteiger partial charge in [-0.25, -0.2) is 5.43 Å². The summed E-state index contributed by atoms with van der Waals surface area (Å²) in [4.78, 5) is 12.1. The van der Waals surface area contributed by atoms with Crippen LogP contribution in [0.3, 0.4) is 0 Å². The van der Waals surface area contributed by atoms with Gasteiger partial charge < -0.3 is 14.8 Å². The summed E-state index contributed by atoms with van der Waals surface area (Å²) in [6, 6.07) is 16.0. The van der Waals surface area contributed by atoms with Gasteiger partial charge >= 0.3 is 0 Å². The van der Waals surface area contributed by atoms with E-state index in [4.69, 9.17) is 44.3 Å². The standard InChI is InChI=1S/C24H21Cl3IN3O3/c1-2-33-22-10-15(12-30-31-23(32)13-29-19-7-5-17(25)6-8-19)9-21(28)24(22)34-14-16-3-4-18(26)11-20(16)27/h3-12,29H,2,13-14H2,1H3,(H,31,32)/b30-12-. The van der Waals surface area contributed by atoms with Crippen LogP contribution in [0.4, 0.5) is 5.69 Å². The number of hydrazone groups is 1. The molecule has 0 aliphatic carbocycles. The second-order valence-electron chi connectivity index (χ2n) is 6.94. The van der Waals surface area contributed by atoms with E-state index in [2.05, 4.69) is 38.4 Å². The highest BCUT2D eigenvalue weighted by Gasteiger charge is 2.13. The summed E-state index contributed by atoms with van der Waals surface area (Å²) in [7, 11) is 0. The summed E-state index contributed by atoms with van der Waals surface area (Å²) >= 11 is 20.2. The maximum absolute atomic E-state index is 12.1. The molecule has 34 heavy (non-hydrogen) atoms. The number of hydrogen-bond acceptors (Lipinski definition) is 5. The summed E-state index contributed by atoms with van der Waals surface area (Å²) in [5.41, 5.74) is 4.84. The van der Waals surface area contributed by atoms with Gasteiger partial charge in [0.2, 0.25) is 0 Å². The van der Waals surface area contributed by atoms with Gasteiger partial charge in [0, 0.05) is 26.3 Å². The van der Waals surface area contributed by atoms with E-state index in [0.29, 0.717) is 33.2 Å². The molecular weight excluding hydrogens is 612 g/mol. The third-order valence-corrected chi connectivity index (χ3v) is 6.06. The van der Waals surface area contributed by atoms with Crippen molar-refractivity contribution in [1.29, 1.82) is 0 Å². The maximum atomic E-state index is 12.1. The van der Waals surface area contributed by atoms with Crippen LogP contribution in [0.5, 0.6) is 11.5 Å². The third kappa shape index (κ3) is 7.94. The van der Waals surface area contributed by atoms with E-state index in [9.17, 15) is 4.79 Å². The Bertz CT molecular complexity index is 1170. The van der Waals surface area contributed by atoms with Gasteiger partial charge in [-0.2, -0.15) is 5.10 Å². The van der Waals surface area contributed by atoms with Crippen LogP contribution in [0, 0.1) is 3.57 Å². The van der Waals surface area contributed by atoms with Crippen LogP contribution in [0.15, 0.2) is 59.7 Å². The molecule has 3 aromatic carbocycles. The quantitative estimate of drug-likeness (QED) is 0.147. The fraction of sp³-hybridized carbons (Fsp3) is 0.167. The number of carbonyl (C=O) groups is 1. The molecule has 0 unspecified atom stereocenters. The number of carbonyl (C=O) groups excluding carboxylic acids is 1. The highest BCUT2D eigenvalue weighted by atomic mass is 127. The van der Waals surface area contributed by atoms with Crippen molar-refractivity contribution in [2.75, 3.05) is 18.5 Å². The van der Waals surface area contributed by atoms with Crippen molar-refractivity contribution < 1.29 is 14.3 Å². The maximum Gasteiger partial charge on any atom is 0.259 e. The molecular formula is C24H21Cl3IN3O3. The molecule has 178 valence electrons. The first-order chi connectivity index (χ1) is 16.4. The molecule has 1 amide bonds. The van der Waals surface area contributed by atoms with Crippen LogP contribution < -0.4 is 20.2 Å². The minimum atomic E-state index is -0.286. The van der Waals surface area contributed by atoms with Crippen molar-refractivity contribution in [3.05, 3.63) is 84.4 Å². The van der Waals surface area contributed by atoms with E-state index < -0.39 is 0 Å². The van der Waals surface area contributed by atoms with Gasteiger partial charge in [-0.15, -0.1) is 0 Å². The zero-order chi connectivity index (χ0) is 24.5. The monoisotopic (exact) mass is 631 g/mol. The van der Waals surface area contributed by atoms with Crippen LogP contribution in [-0.2, 0) is 11.4 Å². The number of rotatable bonds is 10. The van der Waals surface area contributed by atoms with Crippen LogP contribution >= 0.6 is 57.4 Å². The number of benzene rings is 3. The molecule has 0 fully saturated rings. The lowest BCUT2D eigenvalue weighted by Gasteiger charge is -2.15. The Morgan fingerprint density at radius 2 is 1.76 bits per heavy atom. The molecule has 0 aliphatic heterocycles. The number of nitrogens with zero attached hydrogens (tertiary/aromatic N) is 1. The average Bonchev–Trinajstić information content (AvgIpc) is 2.79. The van der Waals surface area contributed by atoms with Crippen LogP contribution in [0.25, 0.3) is 0 Å². The van der Waals surface area contributed by atoms with Gasteiger partial charge in [0.1, 0.15) is 6.61 Å². The number of anilines is 1. The molecule has 3 rings (SSSR count). The fourth-order valence-corrected chi connectivity index (χ4v) is 4.19. The van der Waals surface area contributed by atoms with Gasteiger partial charge in [-0.3, -0.25) is 4.79 Å². The largest absolute Gasteiger partial charge is 0.490 e. The predicted octanol–water partition coefficient (Wildman–Crippen LogP) is 6.79. The van der Waals surface area contributed by atoms with Crippen LogP contribution in [0.1, 0.15) is 18.1 Å². The van der Waals surface area contributed by atoms with Crippen molar-refractivity contribution >= 4 is 75.2 Å². The lowest BCUT2D eigenvalue weighted by Crippen LogP contribution is -2.25. The molecule has 0 aromatic heterocycles. The Morgan fingerprint density at radius 1 is 1.03 bits per heavy atom. The molecule has 0 spiro atoms. The van der Waals surface area contributed by atoms with Crippen molar-refractivity contribution in [3.8, 4) is 11.5 Å². The fourth-order valence-electron chi connectivity index (χ4n) is 2.82.